The van der Waals surface area contributed by atoms with E-state index < -0.39 is 0 Å². The molecule has 0 fully saturated rings. The van der Waals surface area contributed by atoms with E-state index in [1.807, 2.05) is 19.1 Å². The molecule has 0 radical (unpaired) electrons. The van der Waals surface area contributed by atoms with Crippen LogP contribution in [-0.2, 0) is 0 Å². The lowest BCUT2D eigenvalue weighted by atomic mass is 10.1. The number of aryl methyl sites for hydroxylation is 1. The van der Waals surface area contributed by atoms with Crippen molar-refractivity contribution >= 4 is 11.6 Å². The molecule has 0 aliphatic rings. The molecule has 0 atom stereocenters. The Hall–Kier alpha value is -1.44. The maximum absolute atomic E-state index is 8.74. The summed E-state index contributed by atoms with van der Waals surface area (Å²) >= 11 is 5.42. The third kappa shape index (κ3) is 2.51. The number of alkyl halides is 1. The topological polar surface area (TPSA) is 23.8 Å². The molecule has 0 amide bonds. The fourth-order valence-corrected chi connectivity index (χ4v) is 1.02. The summed E-state index contributed by atoms with van der Waals surface area (Å²) in [6, 6.07) is 7.65. The lowest BCUT2D eigenvalue weighted by Gasteiger charge is -1.96. The molecule has 1 aromatic rings. The van der Waals surface area contributed by atoms with Crippen molar-refractivity contribution in [2.75, 3.05) is 5.88 Å². The molecule has 2 heteroatoms. The van der Waals surface area contributed by atoms with Crippen LogP contribution >= 0.6 is 11.6 Å². The third-order valence-electron chi connectivity index (χ3n) is 1.66. The van der Waals surface area contributed by atoms with Gasteiger partial charge in [-0.15, -0.1) is 11.6 Å². The van der Waals surface area contributed by atoms with Crippen LogP contribution in [0, 0.1) is 30.1 Å². The van der Waals surface area contributed by atoms with E-state index in [2.05, 4.69) is 17.9 Å². The van der Waals surface area contributed by atoms with Crippen molar-refractivity contribution in [1.29, 1.82) is 5.26 Å². The quantitative estimate of drug-likeness (QED) is 0.454. The highest BCUT2D eigenvalue weighted by atomic mass is 35.5. The van der Waals surface area contributed by atoms with Gasteiger partial charge in [-0.1, -0.05) is 17.9 Å². The van der Waals surface area contributed by atoms with Crippen molar-refractivity contribution in [3.63, 3.8) is 0 Å². The Labute approximate surface area is 83.0 Å². The van der Waals surface area contributed by atoms with Crippen molar-refractivity contribution in [3.05, 3.63) is 34.9 Å². The van der Waals surface area contributed by atoms with Gasteiger partial charge in [0.1, 0.15) is 0 Å². The van der Waals surface area contributed by atoms with E-state index >= 15 is 0 Å². The largest absolute Gasteiger partial charge is 0.192 e. The Bertz CT molecular complexity index is 404. The molecule has 0 aliphatic carbocycles. The van der Waals surface area contributed by atoms with Gasteiger partial charge in [0.25, 0.3) is 0 Å². The predicted octanol–water partition coefficient (Wildman–Crippen LogP) is 2.46. The SMILES string of the molecule is Cc1ccc(C#CCCl)cc1C#N. The Kier molecular flexibility index (Phi) is 3.38. The van der Waals surface area contributed by atoms with Crippen molar-refractivity contribution in [2.45, 2.75) is 6.92 Å². The van der Waals surface area contributed by atoms with E-state index in [4.69, 9.17) is 16.9 Å². The van der Waals surface area contributed by atoms with E-state index in [0.29, 0.717) is 11.4 Å². The van der Waals surface area contributed by atoms with Gasteiger partial charge in [-0.3, -0.25) is 0 Å². The second-order valence-corrected chi connectivity index (χ2v) is 2.84. The molecule has 1 aromatic carbocycles. The standard InChI is InChI=1S/C11H8ClN/c1-9-4-5-10(3-2-6-12)7-11(9)8-13/h4-5,7H,6H2,1H3. The monoisotopic (exact) mass is 189 g/mol. The Morgan fingerprint density at radius 1 is 1.46 bits per heavy atom. The van der Waals surface area contributed by atoms with Gasteiger partial charge in [0.2, 0.25) is 0 Å². The molecule has 0 unspecified atom stereocenters. The molecule has 0 aromatic heterocycles. The zero-order chi connectivity index (χ0) is 9.68. The van der Waals surface area contributed by atoms with E-state index in [1.165, 1.54) is 0 Å². The number of rotatable bonds is 0. The average molecular weight is 190 g/mol. The Morgan fingerprint density at radius 2 is 2.23 bits per heavy atom. The molecule has 0 heterocycles. The van der Waals surface area contributed by atoms with Gasteiger partial charge >= 0.3 is 0 Å². The number of hydrogen-bond acceptors (Lipinski definition) is 1. The molecule has 0 bridgehead atoms. The van der Waals surface area contributed by atoms with Crippen LogP contribution < -0.4 is 0 Å². The highest BCUT2D eigenvalue weighted by Crippen LogP contribution is 2.08. The normalized spacial score (nSPS) is 8.38. The van der Waals surface area contributed by atoms with Crippen molar-refractivity contribution in [2.24, 2.45) is 0 Å². The maximum atomic E-state index is 8.74. The van der Waals surface area contributed by atoms with Gasteiger partial charge in [-0.05, 0) is 24.6 Å². The molecule has 0 aliphatic heterocycles. The molecular formula is C11H8ClN. The second kappa shape index (κ2) is 4.55. The summed E-state index contributed by atoms with van der Waals surface area (Å²) in [5.41, 5.74) is 2.48. The third-order valence-corrected chi connectivity index (χ3v) is 1.79. The van der Waals surface area contributed by atoms with Crippen LogP contribution in [0.3, 0.4) is 0 Å². The van der Waals surface area contributed by atoms with Crippen LogP contribution in [0.4, 0.5) is 0 Å². The summed E-state index contributed by atoms with van der Waals surface area (Å²) in [5, 5.41) is 8.74. The van der Waals surface area contributed by atoms with Crippen LogP contribution in [0.5, 0.6) is 0 Å². The fourth-order valence-electron chi connectivity index (χ4n) is 0.956. The molecule has 13 heavy (non-hydrogen) atoms. The minimum absolute atomic E-state index is 0.315. The Balaban J connectivity index is 3.08. The van der Waals surface area contributed by atoms with Crippen molar-refractivity contribution in [3.8, 4) is 17.9 Å². The first-order chi connectivity index (χ1) is 6.27. The van der Waals surface area contributed by atoms with E-state index in [9.17, 15) is 0 Å². The summed E-state index contributed by atoms with van der Waals surface area (Å²) < 4.78 is 0. The van der Waals surface area contributed by atoms with Crippen LogP contribution in [0.1, 0.15) is 16.7 Å². The maximum Gasteiger partial charge on any atom is 0.0994 e. The number of hydrogen-bond donors (Lipinski definition) is 0. The van der Waals surface area contributed by atoms with Crippen LogP contribution in [-0.4, -0.2) is 5.88 Å². The second-order valence-electron chi connectivity index (χ2n) is 2.58. The van der Waals surface area contributed by atoms with Crippen molar-refractivity contribution < 1.29 is 0 Å². The van der Waals surface area contributed by atoms with E-state index in [0.717, 1.165) is 11.1 Å². The van der Waals surface area contributed by atoms with Crippen molar-refractivity contribution in [1.82, 2.24) is 0 Å². The summed E-state index contributed by atoms with van der Waals surface area (Å²) in [6.07, 6.45) is 0. The summed E-state index contributed by atoms with van der Waals surface area (Å²) in [4.78, 5) is 0. The minimum Gasteiger partial charge on any atom is -0.192 e. The summed E-state index contributed by atoms with van der Waals surface area (Å²) in [7, 11) is 0. The lowest BCUT2D eigenvalue weighted by molar-refractivity contribution is 1.38. The molecular weight excluding hydrogens is 182 g/mol. The number of nitriles is 1. The highest BCUT2D eigenvalue weighted by molar-refractivity contribution is 6.19. The van der Waals surface area contributed by atoms with E-state index in [1.54, 1.807) is 6.07 Å². The first kappa shape index (κ1) is 9.65. The van der Waals surface area contributed by atoms with Crippen LogP contribution in [0.25, 0.3) is 0 Å². The minimum atomic E-state index is 0.315. The molecule has 0 spiro atoms. The lowest BCUT2D eigenvalue weighted by Crippen LogP contribution is -1.83. The predicted molar refractivity (Wildman–Crippen MR) is 53.5 cm³/mol. The first-order valence-corrected chi connectivity index (χ1v) is 4.37. The molecule has 64 valence electrons. The summed E-state index contributed by atoms with van der Waals surface area (Å²) in [5.74, 6) is 5.92. The molecule has 0 N–H and O–H groups in total. The fraction of sp³-hybridized carbons (Fsp3) is 0.182. The number of nitrogens with zero attached hydrogens (tertiary/aromatic N) is 1. The molecule has 1 rings (SSSR count). The Morgan fingerprint density at radius 3 is 2.85 bits per heavy atom. The van der Waals surface area contributed by atoms with Gasteiger partial charge in [-0.2, -0.15) is 5.26 Å². The van der Waals surface area contributed by atoms with Gasteiger partial charge < -0.3 is 0 Å². The zero-order valence-electron chi connectivity index (χ0n) is 7.26. The van der Waals surface area contributed by atoms with Gasteiger partial charge in [0.05, 0.1) is 17.5 Å². The number of benzene rings is 1. The molecule has 1 nitrogen and oxygen atoms in total. The summed E-state index contributed by atoms with van der Waals surface area (Å²) in [6.45, 7) is 1.90. The smallest absolute Gasteiger partial charge is 0.0994 e. The van der Waals surface area contributed by atoms with Gasteiger partial charge in [0, 0.05) is 5.56 Å². The number of halogens is 1. The molecule has 0 saturated heterocycles. The first-order valence-electron chi connectivity index (χ1n) is 3.83. The van der Waals surface area contributed by atoms with E-state index in [-0.39, 0.29) is 0 Å². The van der Waals surface area contributed by atoms with Gasteiger partial charge in [-0.25, -0.2) is 0 Å². The van der Waals surface area contributed by atoms with Gasteiger partial charge in [0.15, 0.2) is 0 Å². The highest BCUT2D eigenvalue weighted by Gasteiger charge is 1.96. The molecule has 0 saturated carbocycles. The zero-order valence-corrected chi connectivity index (χ0v) is 8.02. The van der Waals surface area contributed by atoms with Crippen LogP contribution in [0.2, 0.25) is 0 Å². The average Bonchev–Trinajstić information content (AvgIpc) is 2.16. The van der Waals surface area contributed by atoms with Crippen LogP contribution in [0.15, 0.2) is 18.2 Å².